The number of hydrogen-bond donors (Lipinski definition) is 0. The van der Waals surface area contributed by atoms with Crippen LogP contribution in [0.15, 0.2) is 22.3 Å². The Bertz CT molecular complexity index is 206. The Morgan fingerprint density at radius 1 is 1.70 bits per heavy atom. The summed E-state index contributed by atoms with van der Waals surface area (Å²) in [6, 6.07) is 0. The Morgan fingerprint density at radius 2 is 2.30 bits per heavy atom. The minimum absolute atomic E-state index is 0.303. The van der Waals surface area contributed by atoms with Crippen LogP contribution in [0.5, 0.6) is 0 Å². The first-order valence-electron chi connectivity index (χ1n) is 3.11. The Labute approximate surface area is 69.1 Å². The second-order valence-electron chi connectivity index (χ2n) is 2.84. The van der Waals surface area contributed by atoms with Gasteiger partial charge in [-0.1, -0.05) is 0 Å². The van der Waals surface area contributed by atoms with E-state index in [-0.39, 0.29) is 4.65 Å². The molecule has 0 N–H and O–H groups in total. The third-order valence-electron chi connectivity index (χ3n) is 1.34. The van der Waals surface area contributed by atoms with E-state index in [9.17, 15) is 5.21 Å². The van der Waals surface area contributed by atoms with Crippen LogP contribution in [0.1, 0.15) is 6.92 Å². The van der Waals surface area contributed by atoms with Gasteiger partial charge in [-0.25, -0.2) is 0 Å². The molecule has 0 saturated heterocycles. The number of allylic oxidation sites excluding steroid dienone is 2. The van der Waals surface area contributed by atoms with Crippen LogP contribution in [0.3, 0.4) is 0 Å². The van der Waals surface area contributed by atoms with Gasteiger partial charge in [0, 0.05) is 0 Å². The molecule has 0 amide bonds. The summed E-state index contributed by atoms with van der Waals surface area (Å²) in [5.41, 5.74) is 1.12. The summed E-state index contributed by atoms with van der Waals surface area (Å²) >= 11 is 3.27. The molecule has 0 aromatic rings. The van der Waals surface area contributed by atoms with Crippen molar-refractivity contribution in [1.82, 2.24) is 0 Å². The van der Waals surface area contributed by atoms with E-state index in [4.69, 9.17) is 0 Å². The van der Waals surface area contributed by atoms with Crippen molar-refractivity contribution in [2.24, 2.45) is 0 Å². The minimum Gasteiger partial charge on any atom is -0.628 e. The molecule has 1 atom stereocenters. The summed E-state index contributed by atoms with van der Waals surface area (Å²) in [6.07, 6.45) is 3.62. The normalized spacial score (nSPS) is 33.2. The van der Waals surface area contributed by atoms with Gasteiger partial charge in [-0.2, -0.15) is 0 Å². The number of likely N-dealkylation sites (N-methyl/N-ethyl adjacent to an activating group) is 1. The number of quaternary nitrogens is 1. The van der Waals surface area contributed by atoms with Gasteiger partial charge < -0.3 is 9.85 Å². The molecule has 0 fully saturated rings. The highest BCUT2D eigenvalue weighted by Gasteiger charge is 2.13. The SMILES string of the molecule is CC1=CC(Br)=C[N+](C)([O-])C1. The molecule has 2 nitrogen and oxygen atoms in total. The third kappa shape index (κ3) is 1.94. The van der Waals surface area contributed by atoms with Crippen LogP contribution in [0.4, 0.5) is 0 Å². The van der Waals surface area contributed by atoms with Crippen molar-refractivity contribution in [2.45, 2.75) is 6.92 Å². The lowest BCUT2D eigenvalue weighted by Gasteiger charge is -2.36. The van der Waals surface area contributed by atoms with Crippen molar-refractivity contribution < 1.29 is 4.65 Å². The van der Waals surface area contributed by atoms with Gasteiger partial charge in [0.15, 0.2) is 0 Å². The number of hydroxylamine groups is 3. The molecule has 0 aromatic heterocycles. The number of hydrogen-bond acceptors (Lipinski definition) is 1. The highest BCUT2D eigenvalue weighted by Crippen LogP contribution is 2.21. The molecule has 0 aliphatic carbocycles. The lowest BCUT2D eigenvalue weighted by atomic mass is 10.2. The molecule has 0 bridgehead atoms. The summed E-state index contributed by atoms with van der Waals surface area (Å²) in [5.74, 6) is 0. The van der Waals surface area contributed by atoms with Crippen molar-refractivity contribution in [3.63, 3.8) is 0 Å². The van der Waals surface area contributed by atoms with Crippen molar-refractivity contribution in [2.75, 3.05) is 13.6 Å². The molecule has 0 spiro atoms. The number of halogens is 1. The summed E-state index contributed by atoms with van der Waals surface area (Å²) in [7, 11) is 1.64. The second-order valence-corrected chi connectivity index (χ2v) is 3.75. The lowest BCUT2D eigenvalue weighted by molar-refractivity contribution is -0.803. The summed E-state index contributed by atoms with van der Waals surface area (Å²) in [5, 5.41) is 11.3. The Hall–Kier alpha value is -0.120. The first-order chi connectivity index (χ1) is 4.49. The largest absolute Gasteiger partial charge is 0.628 e. The van der Waals surface area contributed by atoms with Crippen LogP contribution in [0.2, 0.25) is 0 Å². The first kappa shape index (κ1) is 7.98. The molecule has 10 heavy (non-hydrogen) atoms. The molecule has 1 aliphatic rings. The third-order valence-corrected chi connectivity index (χ3v) is 1.78. The fraction of sp³-hybridized carbons (Fsp3) is 0.429. The minimum atomic E-state index is -0.303. The maximum Gasteiger partial charge on any atom is 0.110 e. The second kappa shape index (κ2) is 2.49. The maximum absolute atomic E-state index is 11.3. The van der Waals surface area contributed by atoms with Crippen LogP contribution < -0.4 is 0 Å². The molecule has 0 aromatic carbocycles. The zero-order valence-corrected chi connectivity index (χ0v) is 7.68. The predicted octanol–water partition coefficient (Wildman–Crippen LogP) is 2.13. The number of nitrogens with zero attached hydrogens (tertiary/aromatic N) is 1. The topological polar surface area (TPSA) is 23.1 Å². The van der Waals surface area contributed by atoms with Gasteiger partial charge in [0.05, 0.1) is 11.5 Å². The van der Waals surface area contributed by atoms with E-state index >= 15 is 0 Å². The molecule has 1 aliphatic heterocycles. The van der Waals surface area contributed by atoms with Crippen LogP contribution in [0.25, 0.3) is 0 Å². The summed E-state index contributed by atoms with van der Waals surface area (Å²) in [6.45, 7) is 2.53. The van der Waals surface area contributed by atoms with Crippen molar-refractivity contribution in [1.29, 1.82) is 0 Å². The van der Waals surface area contributed by atoms with Crippen LogP contribution in [-0.4, -0.2) is 18.2 Å². The van der Waals surface area contributed by atoms with Gasteiger partial charge in [0.2, 0.25) is 0 Å². The molecule has 56 valence electrons. The number of rotatable bonds is 0. The molecule has 1 heterocycles. The monoisotopic (exact) mass is 203 g/mol. The fourth-order valence-electron chi connectivity index (χ4n) is 1.12. The fourth-order valence-corrected chi connectivity index (χ4v) is 1.94. The zero-order valence-electron chi connectivity index (χ0n) is 6.10. The lowest BCUT2D eigenvalue weighted by Crippen LogP contribution is -2.34. The standard InChI is InChI=1S/C7H10BrNO/c1-6-3-7(8)5-9(2,10)4-6/h3,5H,4H2,1-2H3. The van der Waals surface area contributed by atoms with Crippen molar-refractivity contribution >= 4 is 15.9 Å². The van der Waals surface area contributed by atoms with Gasteiger partial charge in [-0.15, -0.1) is 0 Å². The molecule has 1 unspecified atom stereocenters. The maximum atomic E-state index is 11.3. The predicted molar refractivity (Wildman–Crippen MR) is 45.2 cm³/mol. The smallest absolute Gasteiger partial charge is 0.110 e. The van der Waals surface area contributed by atoms with E-state index in [1.54, 1.807) is 13.2 Å². The van der Waals surface area contributed by atoms with E-state index in [1.165, 1.54) is 0 Å². The summed E-state index contributed by atoms with van der Waals surface area (Å²) < 4.78 is 0.580. The quantitative estimate of drug-likeness (QED) is 0.437. The van der Waals surface area contributed by atoms with E-state index in [0.717, 1.165) is 10.1 Å². The Morgan fingerprint density at radius 3 is 2.70 bits per heavy atom. The Kier molecular flexibility index (Phi) is 1.99. The summed E-state index contributed by atoms with van der Waals surface area (Å²) in [4.78, 5) is 0. The van der Waals surface area contributed by atoms with E-state index in [2.05, 4.69) is 15.9 Å². The molecule has 0 saturated carbocycles. The van der Waals surface area contributed by atoms with E-state index in [0.29, 0.717) is 6.54 Å². The molecular formula is C7H10BrNO. The molecule has 1 rings (SSSR count). The van der Waals surface area contributed by atoms with Gasteiger partial charge in [-0.3, -0.25) is 0 Å². The van der Waals surface area contributed by atoms with Gasteiger partial charge in [0.25, 0.3) is 0 Å². The van der Waals surface area contributed by atoms with Crippen molar-refractivity contribution in [3.05, 3.63) is 27.5 Å². The van der Waals surface area contributed by atoms with Crippen molar-refractivity contribution in [3.8, 4) is 0 Å². The van der Waals surface area contributed by atoms with Crippen LogP contribution in [0, 0.1) is 5.21 Å². The average molecular weight is 204 g/mol. The van der Waals surface area contributed by atoms with Gasteiger partial charge in [0.1, 0.15) is 12.7 Å². The first-order valence-corrected chi connectivity index (χ1v) is 3.91. The zero-order chi connectivity index (χ0) is 7.78. The molecular weight excluding hydrogens is 194 g/mol. The highest BCUT2D eigenvalue weighted by atomic mass is 79.9. The van der Waals surface area contributed by atoms with E-state index in [1.807, 2.05) is 13.0 Å². The van der Waals surface area contributed by atoms with Gasteiger partial charge >= 0.3 is 0 Å². The van der Waals surface area contributed by atoms with E-state index < -0.39 is 0 Å². The average Bonchev–Trinajstić information content (AvgIpc) is 1.54. The van der Waals surface area contributed by atoms with Crippen LogP contribution >= 0.6 is 15.9 Å². The van der Waals surface area contributed by atoms with Gasteiger partial charge in [-0.05, 0) is 34.5 Å². The molecule has 0 radical (unpaired) electrons. The Balaban J connectivity index is 2.88. The highest BCUT2D eigenvalue weighted by molar-refractivity contribution is 9.11. The van der Waals surface area contributed by atoms with Crippen LogP contribution in [-0.2, 0) is 0 Å². The molecule has 3 heteroatoms.